The molecular weight excluding hydrogens is 214 g/mol. The second kappa shape index (κ2) is 4.09. The number of nitrogens with zero attached hydrogens (tertiary/aromatic N) is 1. The first-order valence-electron chi connectivity index (χ1n) is 6.03. The Hall–Kier alpha value is -0.900. The normalized spacial score (nSPS) is 33.6. The van der Waals surface area contributed by atoms with Gasteiger partial charge < -0.3 is 9.84 Å². The van der Waals surface area contributed by atoms with Gasteiger partial charge in [0.15, 0.2) is 0 Å². The third-order valence-corrected chi connectivity index (χ3v) is 3.93. The molecule has 1 aromatic carbocycles. The molecule has 1 aromatic rings. The molecule has 0 aliphatic carbocycles. The van der Waals surface area contributed by atoms with Crippen LogP contribution >= 0.6 is 0 Å². The van der Waals surface area contributed by atoms with Gasteiger partial charge in [0.25, 0.3) is 0 Å². The molecule has 17 heavy (non-hydrogen) atoms. The van der Waals surface area contributed by atoms with Gasteiger partial charge >= 0.3 is 0 Å². The monoisotopic (exact) mass is 235 g/mol. The minimum Gasteiger partial charge on any atom is -0.361 e. The van der Waals surface area contributed by atoms with E-state index >= 15 is 0 Å². The Bertz CT molecular complexity index is 390. The molecule has 3 nitrogen and oxygen atoms in total. The summed E-state index contributed by atoms with van der Waals surface area (Å²) >= 11 is 0. The number of hydrogen-bond donors (Lipinski definition) is 1. The number of aliphatic hydroxyl groups is 1. The Balaban J connectivity index is 2.34. The summed E-state index contributed by atoms with van der Waals surface area (Å²) in [7, 11) is 2.03. The highest BCUT2D eigenvalue weighted by Gasteiger charge is 2.48. The minimum absolute atomic E-state index is 0.0551. The van der Waals surface area contributed by atoms with E-state index in [0.717, 1.165) is 5.56 Å². The number of hydrogen-bond acceptors (Lipinski definition) is 3. The summed E-state index contributed by atoms with van der Waals surface area (Å²) in [6.07, 6.45) is 0. The van der Waals surface area contributed by atoms with Gasteiger partial charge in [-0.15, -0.1) is 0 Å². The first-order valence-corrected chi connectivity index (χ1v) is 6.03. The second-order valence-electron chi connectivity index (χ2n) is 5.45. The number of morpholine rings is 1. The van der Waals surface area contributed by atoms with E-state index in [-0.39, 0.29) is 11.6 Å². The summed E-state index contributed by atoms with van der Waals surface area (Å²) in [6, 6.07) is 9.50. The van der Waals surface area contributed by atoms with Crippen molar-refractivity contribution in [3.8, 4) is 0 Å². The third kappa shape index (κ3) is 1.99. The van der Waals surface area contributed by atoms with E-state index in [1.807, 2.05) is 44.3 Å². The molecule has 0 bridgehead atoms. The van der Waals surface area contributed by atoms with Gasteiger partial charge in [-0.05, 0) is 27.8 Å². The number of benzene rings is 1. The van der Waals surface area contributed by atoms with E-state index in [4.69, 9.17) is 4.74 Å². The zero-order valence-electron chi connectivity index (χ0n) is 11.0. The molecule has 1 N–H and O–H groups in total. The summed E-state index contributed by atoms with van der Waals surface area (Å²) in [6.45, 7) is 6.75. The van der Waals surface area contributed by atoms with Crippen molar-refractivity contribution in [1.82, 2.24) is 4.90 Å². The quantitative estimate of drug-likeness (QED) is 0.807. The van der Waals surface area contributed by atoms with Crippen molar-refractivity contribution in [2.75, 3.05) is 13.7 Å². The SMILES string of the molecule is C[C@H]1N(C)C(C)(C)CO[C@]1(O)c1ccccc1. The van der Waals surface area contributed by atoms with Gasteiger partial charge in [0.2, 0.25) is 5.79 Å². The van der Waals surface area contributed by atoms with Crippen molar-refractivity contribution in [1.29, 1.82) is 0 Å². The van der Waals surface area contributed by atoms with Crippen molar-refractivity contribution < 1.29 is 9.84 Å². The van der Waals surface area contributed by atoms with Crippen molar-refractivity contribution in [3.63, 3.8) is 0 Å². The van der Waals surface area contributed by atoms with Crippen LogP contribution in [0.25, 0.3) is 0 Å². The molecule has 94 valence electrons. The predicted molar refractivity (Wildman–Crippen MR) is 67.6 cm³/mol. The Morgan fingerprint density at radius 3 is 2.47 bits per heavy atom. The van der Waals surface area contributed by atoms with Crippen molar-refractivity contribution >= 4 is 0 Å². The van der Waals surface area contributed by atoms with Gasteiger partial charge in [-0.2, -0.15) is 0 Å². The molecule has 1 fully saturated rings. The van der Waals surface area contributed by atoms with Crippen LogP contribution in [-0.2, 0) is 10.5 Å². The van der Waals surface area contributed by atoms with Crippen LogP contribution in [0, 0.1) is 0 Å². The van der Waals surface area contributed by atoms with Gasteiger partial charge in [0.05, 0.1) is 12.6 Å². The smallest absolute Gasteiger partial charge is 0.208 e. The summed E-state index contributed by atoms with van der Waals surface area (Å²) in [5.41, 5.74) is 0.760. The fourth-order valence-electron chi connectivity index (χ4n) is 2.30. The molecule has 2 rings (SSSR count). The van der Waals surface area contributed by atoms with Gasteiger partial charge in [-0.3, -0.25) is 4.90 Å². The summed E-state index contributed by atoms with van der Waals surface area (Å²) in [4.78, 5) is 2.17. The summed E-state index contributed by atoms with van der Waals surface area (Å²) < 4.78 is 5.76. The van der Waals surface area contributed by atoms with Crippen LogP contribution in [0.3, 0.4) is 0 Å². The highest BCUT2D eigenvalue weighted by Crippen LogP contribution is 2.37. The zero-order valence-corrected chi connectivity index (χ0v) is 11.0. The van der Waals surface area contributed by atoms with E-state index in [1.165, 1.54) is 0 Å². The highest BCUT2D eigenvalue weighted by molar-refractivity contribution is 5.23. The highest BCUT2D eigenvalue weighted by atomic mass is 16.6. The second-order valence-corrected chi connectivity index (χ2v) is 5.45. The lowest BCUT2D eigenvalue weighted by Crippen LogP contribution is -2.63. The van der Waals surface area contributed by atoms with Crippen molar-refractivity contribution in [2.24, 2.45) is 0 Å². The van der Waals surface area contributed by atoms with E-state index in [1.54, 1.807) is 0 Å². The van der Waals surface area contributed by atoms with Crippen molar-refractivity contribution in [3.05, 3.63) is 35.9 Å². The molecule has 1 saturated heterocycles. The molecular formula is C14H21NO2. The summed E-state index contributed by atoms with van der Waals surface area (Å²) in [5, 5.41) is 10.7. The average molecular weight is 235 g/mol. The molecule has 0 amide bonds. The average Bonchev–Trinajstić information content (AvgIpc) is 2.34. The van der Waals surface area contributed by atoms with Crippen LogP contribution < -0.4 is 0 Å². The fraction of sp³-hybridized carbons (Fsp3) is 0.571. The lowest BCUT2D eigenvalue weighted by atomic mass is 9.90. The number of likely N-dealkylation sites (N-methyl/N-ethyl adjacent to an activating group) is 1. The van der Waals surface area contributed by atoms with Crippen molar-refractivity contribution in [2.45, 2.75) is 38.1 Å². The maximum atomic E-state index is 10.7. The van der Waals surface area contributed by atoms with Gasteiger partial charge in [0, 0.05) is 11.1 Å². The van der Waals surface area contributed by atoms with E-state index in [2.05, 4.69) is 18.7 Å². The molecule has 0 aromatic heterocycles. The predicted octanol–water partition coefficient (Wildman–Crippen LogP) is 1.96. The minimum atomic E-state index is -1.22. The van der Waals surface area contributed by atoms with Crippen LogP contribution in [0.4, 0.5) is 0 Å². The van der Waals surface area contributed by atoms with Gasteiger partial charge in [-0.1, -0.05) is 30.3 Å². The lowest BCUT2D eigenvalue weighted by Gasteiger charge is -2.51. The molecule has 1 heterocycles. The third-order valence-electron chi connectivity index (χ3n) is 3.93. The topological polar surface area (TPSA) is 32.7 Å². The van der Waals surface area contributed by atoms with E-state index in [0.29, 0.717) is 6.61 Å². The Morgan fingerprint density at radius 2 is 1.88 bits per heavy atom. The first kappa shape index (κ1) is 12.6. The molecule has 0 unspecified atom stereocenters. The molecule has 3 heteroatoms. The van der Waals surface area contributed by atoms with Crippen LogP contribution in [0.2, 0.25) is 0 Å². The summed E-state index contributed by atoms with van der Waals surface area (Å²) in [5.74, 6) is -1.22. The Morgan fingerprint density at radius 1 is 1.29 bits per heavy atom. The van der Waals surface area contributed by atoms with Gasteiger partial charge in [0.1, 0.15) is 0 Å². The molecule has 0 radical (unpaired) electrons. The zero-order chi connectivity index (χ0) is 12.7. The fourth-order valence-corrected chi connectivity index (χ4v) is 2.30. The number of ether oxygens (including phenoxy) is 1. The van der Waals surface area contributed by atoms with E-state index in [9.17, 15) is 5.11 Å². The van der Waals surface area contributed by atoms with Crippen LogP contribution in [0.15, 0.2) is 30.3 Å². The van der Waals surface area contributed by atoms with Crippen LogP contribution in [-0.4, -0.2) is 35.2 Å². The molecule has 2 atom stereocenters. The first-order chi connectivity index (χ1) is 7.88. The molecule has 1 aliphatic heterocycles. The van der Waals surface area contributed by atoms with Crippen LogP contribution in [0.1, 0.15) is 26.3 Å². The van der Waals surface area contributed by atoms with E-state index < -0.39 is 5.79 Å². The Labute approximate surface area is 103 Å². The molecule has 0 spiro atoms. The molecule has 1 aliphatic rings. The van der Waals surface area contributed by atoms with Gasteiger partial charge in [-0.25, -0.2) is 0 Å². The molecule has 0 saturated carbocycles. The number of rotatable bonds is 1. The maximum Gasteiger partial charge on any atom is 0.208 e. The largest absolute Gasteiger partial charge is 0.361 e. The lowest BCUT2D eigenvalue weighted by molar-refractivity contribution is -0.298. The maximum absolute atomic E-state index is 10.7. The Kier molecular flexibility index (Phi) is 3.02. The standard InChI is InChI=1S/C14H21NO2/c1-11-14(16,12-8-6-5-7-9-12)17-10-13(2,3)15(11)4/h5-9,11,16H,10H2,1-4H3/t11-,14+/m1/s1. The van der Waals surface area contributed by atoms with Crippen LogP contribution in [0.5, 0.6) is 0 Å².